The Morgan fingerprint density at radius 2 is 1.50 bits per heavy atom. The van der Waals surface area contributed by atoms with Gasteiger partial charge in [0, 0.05) is 0 Å². The summed E-state index contributed by atoms with van der Waals surface area (Å²) in [5, 5.41) is 7.69. The van der Waals surface area contributed by atoms with Crippen LogP contribution in [0.15, 0.2) is 12.3 Å². The summed E-state index contributed by atoms with van der Waals surface area (Å²) in [6.07, 6.45) is 2.94. The second-order valence-corrected chi connectivity index (χ2v) is 0.755. The van der Waals surface area contributed by atoms with Crippen LogP contribution in [0, 0.1) is 0 Å². The highest BCUT2D eigenvalue weighted by Crippen LogP contribution is 1.51. The van der Waals surface area contributed by atoms with Crippen LogP contribution in [0.25, 0.3) is 0 Å². The number of aliphatic hydroxyl groups excluding tert-OH is 1. The lowest BCUT2D eigenvalue weighted by molar-refractivity contribution is -0.122. The van der Waals surface area contributed by atoms with E-state index in [-0.39, 0.29) is 12.6 Å². The smallest absolute Gasteiger partial charge is 0.182 e. The summed E-state index contributed by atoms with van der Waals surface area (Å²) >= 11 is 0. The lowest BCUT2D eigenvalue weighted by Gasteiger charge is -1.53. The van der Waals surface area contributed by atoms with E-state index in [4.69, 9.17) is 14.7 Å². The molecule has 3 nitrogen and oxygen atoms in total. The number of aldehydes is 2. The zero-order chi connectivity index (χ0) is 6.83. The van der Waals surface area contributed by atoms with Gasteiger partial charge in [0.05, 0.1) is 6.26 Å². The molecular weight excluding hydrogens is 108 g/mol. The molecule has 0 spiro atoms. The van der Waals surface area contributed by atoms with Gasteiger partial charge in [-0.15, -0.1) is 0 Å². The van der Waals surface area contributed by atoms with Crippen molar-refractivity contribution < 1.29 is 14.7 Å². The molecule has 0 rings (SSSR count). The molecule has 0 aliphatic heterocycles. The Hall–Kier alpha value is -1.12. The van der Waals surface area contributed by atoms with Crippen molar-refractivity contribution >= 4 is 12.6 Å². The van der Waals surface area contributed by atoms with Gasteiger partial charge in [0.2, 0.25) is 0 Å². The highest BCUT2D eigenvalue weighted by atomic mass is 16.2. The molecule has 0 radical (unpaired) electrons. The predicted molar refractivity (Wildman–Crippen MR) is 29.6 cm³/mol. The zero-order valence-corrected chi connectivity index (χ0v) is 4.57. The lowest BCUT2D eigenvalue weighted by atomic mass is 10.8. The standard InChI is InChI=1S/C3H6O.C2H2O2/c1-2-3-4;3-1-2-4/h2-4H,1H3;1-2H/b3-2-;. The van der Waals surface area contributed by atoms with E-state index in [0.29, 0.717) is 0 Å². The molecular formula is C5H8O3. The van der Waals surface area contributed by atoms with E-state index >= 15 is 0 Å². The van der Waals surface area contributed by atoms with E-state index in [1.807, 2.05) is 0 Å². The highest BCUT2D eigenvalue weighted by molar-refractivity contribution is 6.09. The molecule has 0 heterocycles. The Bertz CT molecular complexity index is 65.7. The maximum absolute atomic E-state index is 8.81. The third-order valence-electron chi connectivity index (χ3n) is 0.205. The van der Waals surface area contributed by atoms with Crippen molar-refractivity contribution in [3.05, 3.63) is 12.3 Å². The van der Waals surface area contributed by atoms with Crippen LogP contribution in [0.2, 0.25) is 0 Å². The third kappa shape index (κ3) is 94.9. The molecule has 0 unspecified atom stereocenters. The molecule has 0 fully saturated rings. The molecule has 0 aromatic rings. The van der Waals surface area contributed by atoms with Gasteiger partial charge in [-0.2, -0.15) is 0 Å². The number of carbonyl (C=O) groups is 2. The molecule has 1 N–H and O–H groups in total. The van der Waals surface area contributed by atoms with Crippen LogP contribution in [-0.2, 0) is 9.59 Å². The molecule has 0 saturated carbocycles. The minimum Gasteiger partial charge on any atom is -0.516 e. The average Bonchev–Trinajstić information content (AvgIpc) is 1.88. The second kappa shape index (κ2) is 16.9. The van der Waals surface area contributed by atoms with Gasteiger partial charge in [-0.3, -0.25) is 9.59 Å². The van der Waals surface area contributed by atoms with Crippen LogP contribution in [0.1, 0.15) is 6.92 Å². The van der Waals surface area contributed by atoms with Crippen LogP contribution in [0.4, 0.5) is 0 Å². The van der Waals surface area contributed by atoms with E-state index in [9.17, 15) is 0 Å². The zero-order valence-electron chi connectivity index (χ0n) is 4.57. The SMILES string of the molecule is C/C=C\O.O=CC=O. The average molecular weight is 116 g/mol. The first-order chi connectivity index (χ1) is 3.83. The summed E-state index contributed by atoms with van der Waals surface area (Å²) in [5.74, 6) is 0. The maximum Gasteiger partial charge on any atom is 0.182 e. The molecule has 0 aromatic carbocycles. The van der Waals surface area contributed by atoms with Crippen LogP contribution in [0.5, 0.6) is 0 Å². The van der Waals surface area contributed by atoms with Gasteiger partial charge in [-0.25, -0.2) is 0 Å². The number of allylic oxidation sites excluding steroid dienone is 1. The molecule has 0 saturated heterocycles. The Morgan fingerprint density at radius 1 is 1.25 bits per heavy atom. The van der Waals surface area contributed by atoms with Gasteiger partial charge in [-0.05, 0) is 6.92 Å². The number of aliphatic hydroxyl groups is 1. The molecule has 0 aliphatic carbocycles. The molecule has 46 valence electrons. The van der Waals surface area contributed by atoms with Crippen molar-refractivity contribution in [3.8, 4) is 0 Å². The summed E-state index contributed by atoms with van der Waals surface area (Å²) in [7, 11) is 0. The monoisotopic (exact) mass is 116 g/mol. The minimum atomic E-state index is 0.194. The normalized spacial score (nSPS) is 7.12. The van der Waals surface area contributed by atoms with Gasteiger partial charge >= 0.3 is 0 Å². The third-order valence-corrected chi connectivity index (χ3v) is 0.205. The first-order valence-corrected chi connectivity index (χ1v) is 1.97. The van der Waals surface area contributed by atoms with Gasteiger partial charge in [0.1, 0.15) is 0 Å². The van der Waals surface area contributed by atoms with Gasteiger partial charge in [-0.1, -0.05) is 6.08 Å². The van der Waals surface area contributed by atoms with Gasteiger partial charge in [0.15, 0.2) is 12.6 Å². The van der Waals surface area contributed by atoms with Crippen molar-refractivity contribution in [2.24, 2.45) is 0 Å². The summed E-state index contributed by atoms with van der Waals surface area (Å²) in [4.78, 5) is 17.6. The minimum absolute atomic E-state index is 0.194. The van der Waals surface area contributed by atoms with Crippen molar-refractivity contribution in [2.45, 2.75) is 6.92 Å². The van der Waals surface area contributed by atoms with Crippen molar-refractivity contribution in [1.82, 2.24) is 0 Å². The van der Waals surface area contributed by atoms with E-state index in [1.165, 1.54) is 0 Å². The number of hydrogen-bond donors (Lipinski definition) is 1. The molecule has 0 atom stereocenters. The molecule has 0 aliphatic rings. The Labute approximate surface area is 47.6 Å². The Balaban J connectivity index is 0. The fraction of sp³-hybridized carbons (Fsp3) is 0.200. The molecule has 3 heteroatoms. The Morgan fingerprint density at radius 3 is 1.50 bits per heavy atom. The van der Waals surface area contributed by atoms with Crippen molar-refractivity contribution in [3.63, 3.8) is 0 Å². The summed E-state index contributed by atoms with van der Waals surface area (Å²) in [6.45, 7) is 1.75. The van der Waals surface area contributed by atoms with Crippen molar-refractivity contribution in [1.29, 1.82) is 0 Å². The number of carbonyl (C=O) groups excluding carboxylic acids is 2. The van der Waals surface area contributed by atoms with Crippen LogP contribution in [0.3, 0.4) is 0 Å². The van der Waals surface area contributed by atoms with Crippen LogP contribution < -0.4 is 0 Å². The summed E-state index contributed by atoms with van der Waals surface area (Å²) in [5.41, 5.74) is 0. The number of rotatable bonds is 1. The molecule has 0 bridgehead atoms. The molecule has 8 heavy (non-hydrogen) atoms. The summed E-state index contributed by atoms with van der Waals surface area (Å²) in [6, 6.07) is 0. The predicted octanol–water partition coefficient (Wildman–Crippen LogP) is 0.462. The molecule has 0 amide bonds. The van der Waals surface area contributed by atoms with Crippen LogP contribution in [-0.4, -0.2) is 17.7 Å². The lowest BCUT2D eigenvalue weighted by Crippen LogP contribution is -1.62. The first kappa shape index (κ1) is 9.99. The van der Waals surface area contributed by atoms with Crippen LogP contribution >= 0.6 is 0 Å². The largest absolute Gasteiger partial charge is 0.516 e. The van der Waals surface area contributed by atoms with E-state index in [0.717, 1.165) is 6.26 Å². The van der Waals surface area contributed by atoms with E-state index < -0.39 is 0 Å². The van der Waals surface area contributed by atoms with Gasteiger partial charge in [0.25, 0.3) is 0 Å². The number of hydrogen-bond acceptors (Lipinski definition) is 3. The van der Waals surface area contributed by atoms with E-state index in [1.54, 1.807) is 13.0 Å². The quantitative estimate of drug-likeness (QED) is 0.307. The summed E-state index contributed by atoms with van der Waals surface area (Å²) < 4.78 is 0. The maximum atomic E-state index is 8.81. The van der Waals surface area contributed by atoms with Crippen molar-refractivity contribution in [2.75, 3.05) is 0 Å². The second-order valence-electron chi connectivity index (χ2n) is 0.755. The van der Waals surface area contributed by atoms with Gasteiger partial charge < -0.3 is 5.11 Å². The Kier molecular flexibility index (Phi) is 21.1. The van der Waals surface area contributed by atoms with E-state index in [2.05, 4.69) is 0 Å². The fourth-order valence-electron chi connectivity index (χ4n) is 0. The first-order valence-electron chi connectivity index (χ1n) is 1.97. The fourth-order valence-corrected chi connectivity index (χ4v) is 0. The highest BCUT2D eigenvalue weighted by Gasteiger charge is 1.47. The topological polar surface area (TPSA) is 54.4 Å². The molecule has 0 aromatic heterocycles.